The van der Waals surface area contributed by atoms with Crippen LogP contribution < -0.4 is 4.74 Å². The number of allylic oxidation sites excluding steroid dienone is 2. The topological polar surface area (TPSA) is 9.23 Å². The monoisotopic (exact) mass is 234 g/mol. The first-order valence-corrected chi connectivity index (χ1v) is 9.46. The fraction of sp³-hybridized carbons (Fsp3) is 0.429. The maximum atomic E-state index is 5.17. The number of benzene rings is 1. The molecule has 1 rings (SSSR count). The van der Waals surface area contributed by atoms with Crippen molar-refractivity contribution in [2.24, 2.45) is 0 Å². The van der Waals surface area contributed by atoms with Gasteiger partial charge in [-0.3, -0.25) is 0 Å². The molecular weight excluding hydrogens is 212 g/mol. The standard InChI is InChI=1S/C14H22OSi/c1-6-12(11-16(3,4)5)13-7-9-14(15-2)10-8-13/h6-10H,11H2,1-5H3/b12-6-. The van der Waals surface area contributed by atoms with Crippen LogP contribution in [0.5, 0.6) is 5.75 Å². The van der Waals surface area contributed by atoms with Crippen LogP contribution in [0.15, 0.2) is 30.3 Å². The summed E-state index contributed by atoms with van der Waals surface area (Å²) in [7, 11) is 0.657. The minimum absolute atomic E-state index is 0.923. The average Bonchev–Trinajstić information content (AvgIpc) is 2.25. The minimum Gasteiger partial charge on any atom is -0.497 e. The van der Waals surface area contributed by atoms with Gasteiger partial charge in [-0.1, -0.05) is 37.8 Å². The SMILES string of the molecule is C/C=C(/C[Si](C)(C)C)c1ccc(OC)cc1. The van der Waals surface area contributed by atoms with Crippen molar-refractivity contribution in [3.63, 3.8) is 0 Å². The van der Waals surface area contributed by atoms with Gasteiger partial charge in [0.25, 0.3) is 0 Å². The molecule has 0 amide bonds. The normalized spacial score (nSPS) is 12.7. The molecular formula is C14H22OSi. The molecule has 0 saturated carbocycles. The summed E-state index contributed by atoms with van der Waals surface area (Å²) in [6, 6.07) is 9.59. The molecule has 0 aliphatic carbocycles. The Bertz CT molecular complexity index is 357. The molecule has 88 valence electrons. The Balaban J connectivity index is 2.88. The van der Waals surface area contributed by atoms with Gasteiger partial charge in [-0.05, 0) is 36.2 Å². The summed E-state index contributed by atoms with van der Waals surface area (Å²) in [5.74, 6) is 0.923. The van der Waals surface area contributed by atoms with E-state index in [9.17, 15) is 0 Å². The van der Waals surface area contributed by atoms with Crippen molar-refractivity contribution >= 4 is 13.6 Å². The number of methoxy groups -OCH3 is 1. The van der Waals surface area contributed by atoms with Crippen molar-refractivity contribution in [3.8, 4) is 5.75 Å². The Morgan fingerprint density at radius 1 is 1.19 bits per heavy atom. The van der Waals surface area contributed by atoms with E-state index in [1.807, 2.05) is 12.1 Å². The highest BCUT2D eigenvalue weighted by atomic mass is 28.3. The zero-order valence-corrected chi connectivity index (χ0v) is 12.0. The first kappa shape index (κ1) is 13.0. The molecule has 0 radical (unpaired) electrons. The lowest BCUT2D eigenvalue weighted by Crippen LogP contribution is -2.19. The van der Waals surface area contributed by atoms with E-state index in [1.54, 1.807) is 7.11 Å². The Morgan fingerprint density at radius 3 is 2.12 bits per heavy atom. The van der Waals surface area contributed by atoms with E-state index in [0.717, 1.165) is 5.75 Å². The molecule has 1 aromatic rings. The summed E-state index contributed by atoms with van der Waals surface area (Å²) < 4.78 is 5.17. The van der Waals surface area contributed by atoms with Gasteiger partial charge < -0.3 is 4.74 Å². The zero-order chi connectivity index (χ0) is 12.2. The predicted octanol–water partition coefficient (Wildman–Crippen LogP) is 4.44. The third-order valence-electron chi connectivity index (χ3n) is 2.53. The fourth-order valence-corrected chi connectivity index (χ4v) is 3.30. The largest absolute Gasteiger partial charge is 0.497 e. The maximum Gasteiger partial charge on any atom is 0.118 e. The van der Waals surface area contributed by atoms with E-state index in [0.29, 0.717) is 0 Å². The first-order chi connectivity index (χ1) is 7.46. The second kappa shape index (κ2) is 5.35. The van der Waals surface area contributed by atoms with E-state index < -0.39 is 8.07 Å². The van der Waals surface area contributed by atoms with Crippen LogP contribution in [0.3, 0.4) is 0 Å². The second-order valence-electron chi connectivity index (χ2n) is 5.28. The maximum absolute atomic E-state index is 5.17. The molecule has 0 aliphatic rings. The summed E-state index contributed by atoms with van der Waals surface area (Å²) in [6.45, 7) is 9.33. The Hall–Kier alpha value is -1.02. The molecule has 0 fully saturated rings. The molecule has 1 nitrogen and oxygen atoms in total. The molecule has 0 bridgehead atoms. The fourth-order valence-electron chi connectivity index (χ4n) is 1.75. The van der Waals surface area contributed by atoms with Crippen molar-refractivity contribution in [2.45, 2.75) is 32.6 Å². The molecule has 0 unspecified atom stereocenters. The molecule has 0 N–H and O–H groups in total. The van der Waals surface area contributed by atoms with Gasteiger partial charge in [-0.25, -0.2) is 0 Å². The van der Waals surface area contributed by atoms with Crippen molar-refractivity contribution in [1.29, 1.82) is 0 Å². The van der Waals surface area contributed by atoms with E-state index in [1.165, 1.54) is 17.2 Å². The van der Waals surface area contributed by atoms with Gasteiger partial charge in [0.1, 0.15) is 5.75 Å². The highest BCUT2D eigenvalue weighted by Crippen LogP contribution is 2.26. The highest BCUT2D eigenvalue weighted by Gasteiger charge is 2.15. The van der Waals surface area contributed by atoms with Gasteiger partial charge in [0.05, 0.1) is 7.11 Å². The summed E-state index contributed by atoms with van der Waals surface area (Å²) >= 11 is 0. The molecule has 0 saturated heterocycles. The van der Waals surface area contributed by atoms with Crippen LogP contribution in [0.25, 0.3) is 5.57 Å². The van der Waals surface area contributed by atoms with Crippen molar-refractivity contribution in [2.75, 3.05) is 7.11 Å². The Morgan fingerprint density at radius 2 is 1.75 bits per heavy atom. The van der Waals surface area contributed by atoms with E-state index in [4.69, 9.17) is 4.74 Å². The second-order valence-corrected chi connectivity index (χ2v) is 10.8. The van der Waals surface area contributed by atoms with Crippen LogP contribution in [0, 0.1) is 0 Å². The van der Waals surface area contributed by atoms with Gasteiger partial charge in [-0.15, -0.1) is 0 Å². The van der Waals surface area contributed by atoms with Gasteiger partial charge in [0.15, 0.2) is 0 Å². The van der Waals surface area contributed by atoms with Crippen molar-refractivity contribution < 1.29 is 4.74 Å². The predicted molar refractivity (Wildman–Crippen MR) is 74.8 cm³/mol. The van der Waals surface area contributed by atoms with Gasteiger partial charge in [0, 0.05) is 8.07 Å². The lowest BCUT2D eigenvalue weighted by molar-refractivity contribution is 0.415. The molecule has 0 aliphatic heterocycles. The number of hydrogen-bond acceptors (Lipinski definition) is 1. The smallest absolute Gasteiger partial charge is 0.118 e. The third-order valence-corrected chi connectivity index (χ3v) is 3.97. The number of ether oxygens (including phenoxy) is 1. The third kappa shape index (κ3) is 3.85. The lowest BCUT2D eigenvalue weighted by atomic mass is 10.1. The Kier molecular flexibility index (Phi) is 4.36. The molecule has 0 aromatic heterocycles. The molecule has 0 heterocycles. The quantitative estimate of drug-likeness (QED) is 0.700. The molecule has 2 heteroatoms. The average molecular weight is 234 g/mol. The molecule has 0 spiro atoms. The lowest BCUT2D eigenvalue weighted by Gasteiger charge is -2.18. The van der Waals surface area contributed by atoms with Gasteiger partial charge in [-0.2, -0.15) is 0 Å². The van der Waals surface area contributed by atoms with Crippen LogP contribution in [0.4, 0.5) is 0 Å². The highest BCUT2D eigenvalue weighted by molar-refractivity contribution is 6.77. The van der Waals surface area contributed by atoms with E-state index in [-0.39, 0.29) is 0 Å². The summed E-state index contributed by atoms with van der Waals surface area (Å²) in [4.78, 5) is 0. The van der Waals surface area contributed by atoms with E-state index >= 15 is 0 Å². The summed E-state index contributed by atoms with van der Waals surface area (Å²) in [6.07, 6.45) is 2.24. The minimum atomic E-state index is -1.05. The van der Waals surface area contributed by atoms with Crippen LogP contribution in [-0.4, -0.2) is 15.2 Å². The Labute approximate surface area is 100 Å². The summed E-state index contributed by atoms with van der Waals surface area (Å²) in [5, 5.41) is 0. The van der Waals surface area contributed by atoms with Crippen molar-refractivity contribution in [1.82, 2.24) is 0 Å². The van der Waals surface area contributed by atoms with Crippen molar-refractivity contribution in [3.05, 3.63) is 35.9 Å². The van der Waals surface area contributed by atoms with Crippen LogP contribution in [0.1, 0.15) is 12.5 Å². The van der Waals surface area contributed by atoms with Crippen LogP contribution >= 0.6 is 0 Å². The van der Waals surface area contributed by atoms with Crippen LogP contribution in [-0.2, 0) is 0 Å². The van der Waals surface area contributed by atoms with Gasteiger partial charge in [0.2, 0.25) is 0 Å². The molecule has 1 aromatic carbocycles. The first-order valence-electron chi connectivity index (χ1n) is 5.76. The zero-order valence-electron chi connectivity index (χ0n) is 11.0. The molecule has 16 heavy (non-hydrogen) atoms. The summed E-state index contributed by atoms with van der Waals surface area (Å²) in [5.41, 5.74) is 2.78. The van der Waals surface area contributed by atoms with Crippen LogP contribution in [0.2, 0.25) is 25.7 Å². The number of hydrogen-bond donors (Lipinski definition) is 0. The molecule has 0 atom stereocenters. The number of rotatable bonds is 4. The van der Waals surface area contributed by atoms with E-state index in [2.05, 4.69) is 44.8 Å². The van der Waals surface area contributed by atoms with Gasteiger partial charge >= 0.3 is 0 Å².